The summed E-state index contributed by atoms with van der Waals surface area (Å²) in [6.45, 7) is 2.63. The molecular formula is C12H19N5. The maximum atomic E-state index is 4.40. The Labute approximate surface area is 102 Å². The molecule has 0 saturated carbocycles. The number of aliphatic imine (C=N–C) groups is 1. The minimum atomic E-state index is 0.754. The SMILES string of the molecule is CN1CCN=C1NCc1cccnc1N(C)C. The van der Waals surface area contributed by atoms with Gasteiger partial charge in [-0.25, -0.2) is 4.98 Å². The van der Waals surface area contributed by atoms with Crippen LogP contribution in [0.5, 0.6) is 0 Å². The Morgan fingerprint density at radius 1 is 1.47 bits per heavy atom. The molecule has 0 aliphatic carbocycles. The highest BCUT2D eigenvalue weighted by Crippen LogP contribution is 2.14. The van der Waals surface area contributed by atoms with Crippen LogP contribution in [0, 0.1) is 0 Å². The number of anilines is 1. The molecule has 92 valence electrons. The number of hydrogen-bond acceptors (Lipinski definition) is 5. The van der Waals surface area contributed by atoms with Gasteiger partial charge in [0.25, 0.3) is 0 Å². The van der Waals surface area contributed by atoms with Gasteiger partial charge in [0.2, 0.25) is 0 Å². The van der Waals surface area contributed by atoms with Crippen molar-refractivity contribution in [2.45, 2.75) is 6.54 Å². The van der Waals surface area contributed by atoms with Crippen LogP contribution >= 0.6 is 0 Å². The molecule has 1 aromatic heterocycles. The third-order valence-corrected chi connectivity index (χ3v) is 2.79. The molecule has 2 rings (SSSR count). The Balaban J connectivity index is 2.04. The first-order valence-electron chi connectivity index (χ1n) is 5.79. The van der Waals surface area contributed by atoms with E-state index in [9.17, 15) is 0 Å². The molecule has 1 aliphatic rings. The van der Waals surface area contributed by atoms with Crippen molar-refractivity contribution in [2.75, 3.05) is 39.1 Å². The Hall–Kier alpha value is -1.78. The number of nitrogens with one attached hydrogen (secondary N) is 1. The fourth-order valence-electron chi connectivity index (χ4n) is 1.87. The number of guanidine groups is 1. The Bertz CT molecular complexity index is 413. The summed E-state index contributed by atoms with van der Waals surface area (Å²) in [4.78, 5) is 12.9. The summed E-state index contributed by atoms with van der Waals surface area (Å²) in [5, 5.41) is 3.35. The Morgan fingerprint density at radius 2 is 2.29 bits per heavy atom. The van der Waals surface area contributed by atoms with E-state index >= 15 is 0 Å². The zero-order valence-electron chi connectivity index (χ0n) is 10.6. The van der Waals surface area contributed by atoms with Crippen LogP contribution in [-0.4, -0.2) is 50.1 Å². The van der Waals surface area contributed by atoms with E-state index in [0.29, 0.717) is 0 Å². The average Bonchev–Trinajstić information content (AvgIpc) is 2.72. The van der Waals surface area contributed by atoms with E-state index in [1.165, 1.54) is 5.56 Å². The molecule has 5 heteroatoms. The monoisotopic (exact) mass is 233 g/mol. The molecule has 0 radical (unpaired) electrons. The summed E-state index contributed by atoms with van der Waals surface area (Å²) in [5.41, 5.74) is 1.18. The highest BCUT2D eigenvalue weighted by molar-refractivity contribution is 5.81. The molecule has 1 N–H and O–H groups in total. The van der Waals surface area contributed by atoms with Gasteiger partial charge >= 0.3 is 0 Å². The molecule has 1 aromatic rings. The van der Waals surface area contributed by atoms with Gasteiger partial charge < -0.3 is 15.1 Å². The number of rotatable bonds is 3. The molecule has 1 aliphatic heterocycles. The van der Waals surface area contributed by atoms with Gasteiger partial charge in [-0.1, -0.05) is 6.07 Å². The highest BCUT2D eigenvalue weighted by atomic mass is 15.3. The van der Waals surface area contributed by atoms with Crippen LogP contribution in [0.15, 0.2) is 23.3 Å². The zero-order chi connectivity index (χ0) is 12.3. The van der Waals surface area contributed by atoms with Crippen LogP contribution in [0.2, 0.25) is 0 Å². The standard InChI is InChI=1S/C12H19N5/c1-16(2)11-10(5-4-6-13-11)9-15-12-14-7-8-17(12)3/h4-6H,7-9H2,1-3H3,(H,14,15). The summed E-state index contributed by atoms with van der Waals surface area (Å²) in [6.07, 6.45) is 1.82. The van der Waals surface area contributed by atoms with Gasteiger partial charge in [0.1, 0.15) is 5.82 Å². The van der Waals surface area contributed by atoms with E-state index < -0.39 is 0 Å². The number of nitrogens with zero attached hydrogens (tertiary/aromatic N) is 4. The van der Waals surface area contributed by atoms with Crippen molar-refractivity contribution in [1.82, 2.24) is 15.2 Å². The second kappa shape index (κ2) is 5.03. The summed E-state index contributed by atoms with van der Waals surface area (Å²) < 4.78 is 0. The number of aromatic nitrogens is 1. The third kappa shape index (κ3) is 2.67. The van der Waals surface area contributed by atoms with Crippen LogP contribution < -0.4 is 10.2 Å². The van der Waals surface area contributed by atoms with Gasteiger partial charge in [0.05, 0.1) is 6.54 Å². The quantitative estimate of drug-likeness (QED) is 0.827. The maximum Gasteiger partial charge on any atom is 0.194 e. The number of likely N-dealkylation sites (N-methyl/N-ethyl adjacent to an activating group) is 1. The van der Waals surface area contributed by atoms with E-state index in [1.54, 1.807) is 0 Å². The van der Waals surface area contributed by atoms with Gasteiger partial charge in [-0.3, -0.25) is 4.99 Å². The summed E-state index contributed by atoms with van der Waals surface area (Å²) >= 11 is 0. The van der Waals surface area contributed by atoms with E-state index in [-0.39, 0.29) is 0 Å². The van der Waals surface area contributed by atoms with E-state index in [2.05, 4.69) is 33.3 Å². The van der Waals surface area contributed by atoms with Crippen molar-refractivity contribution < 1.29 is 0 Å². The molecule has 17 heavy (non-hydrogen) atoms. The molecule has 0 saturated heterocycles. The molecular weight excluding hydrogens is 214 g/mol. The lowest BCUT2D eigenvalue weighted by Gasteiger charge is -2.18. The second-order valence-electron chi connectivity index (χ2n) is 4.36. The number of pyridine rings is 1. The van der Waals surface area contributed by atoms with E-state index in [0.717, 1.165) is 31.4 Å². The lowest BCUT2D eigenvalue weighted by Crippen LogP contribution is -2.35. The molecule has 0 fully saturated rings. The average molecular weight is 233 g/mol. The van der Waals surface area contributed by atoms with Crippen LogP contribution in [0.1, 0.15) is 5.56 Å². The molecule has 0 aromatic carbocycles. The maximum absolute atomic E-state index is 4.40. The summed E-state index contributed by atoms with van der Waals surface area (Å²) in [7, 11) is 6.06. The lowest BCUT2D eigenvalue weighted by molar-refractivity contribution is 0.534. The highest BCUT2D eigenvalue weighted by Gasteiger charge is 2.12. The smallest absolute Gasteiger partial charge is 0.194 e. The second-order valence-corrected chi connectivity index (χ2v) is 4.36. The van der Waals surface area contributed by atoms with E-state index in [4.69, 9.17) is 0 Å². The molecule has 0 bridgehead atoms. The minimum Gasteiger partial charge on any atom is -0.362 e. The van der Waals surface area contributed by atoms with Crippen LogP contribution in [0.3, 0.4) is 0 Å². The van der Waals surface area contributed by atoms with Crippen molar-refractivity contribution in [3.63, 3.8) is 0 Å². The summed E-state index contributed by atoms with van der Waals surface area (Å²) in [5.74, 6) is 1.97. The van der Waals surface area contributed by atoms with Gasteiger partial charge in [0, 0.05) is 46.0 Å². The van der Waals surface area contributed by atoms with E-state index in [1.807, 2.05) is 31.3 Å². The Kier molecular flexibility index (Phi) is 3.46. The van der Waals surface area contributed by atoms with Crippen LogP contribution in [0.25, 0.3) is 0 Å². The van der Waals surface area contributed by atoms with Crippen molar-refractivity contribution in [2.24, 2.45) is 4.99 Å². The van der Waals surface area contributed by atoms with Crippen LogP contribution in [0.4, 0.5) is 5.82 Å². The van der Waals surface area contributed by atoms with Crippen LogP contribution in [-0.2, 0) is 6.54 Å². The fourth-order valence-corrected chi connectivity index (χ4v) is 1.87. The molecule has 0 spiro atoms. The molecule has 0 atom stereocenters. The summed E-state index contributed by atoms with van der Waals surface area (Å²) in [6, 6.07) is 4.05. The first kappa shape index (κ1) is 11.7. The van der Waals surface area contributed by atoms with Gasteiger partial charge in [-0.05, 0) is 6.07 Å². The zero-order valence-corrected chi connectivity index (χ0v) is 10.6. The normalized spacial score (nSPS) is 14.8. The Morgan fingerprint density at radius 3 is 2.94 bits per heavy atom. The molecule has 0 unspecified atom stereocenters. The van der Waals surface area contributed by atoms with Gasteiger partial charge in [-0.15, -0.1) is 0 Å². The topological polar surface area (TPSA) is 43.8 Å². The third-order valence-electron chi connectivity index (χ3n) is 2.79. The molecule has 5 nitrogen and oxygen atoms in total. The molecule has 2 heterocycles. The molecule has 0 amide bonds. The minimum absolute atomic E-state index is 0.754. The van der Waals surface area contributed by atoms with Gasteiger partial charge in [-0.2, -0.15) is 0 Å². The van der Waals surface area contributed by atoms with Crippen molar-refractivity contribution in [3.8, 4) is 0 Å². The van der Waals surface area contributed by atoms with Crippen molar-refractivity contribution >= 4 is 11.8 Å². The number of hydrogen-bond donors (Lipinski definition) is 1. The predicted octanol–water partition coefficient (Wildman–Crippen LogP) is 0.539. The first-order chi connectivity index (χ1) is 8.18. The lowest BCUT2D eigenvalue weighted by atomic mass is 10.2. The predicted molar refractivity (Wildman–Crippen MR) is 70.3 cm³/mol. The fraction of sp³-hybridized carbons (Fsp3) is 0.500. The largest absolute Gasteiger partial charge is 0.362 e. The van der Waals surface area contributed by atoms with Gasteiger partial charge in [0.15, 0.2) is 5.96 Å². The van der Waals surface area contributed by atoms with Crippen molar-refractivity contribution in [1.29, 1.82) is 0 Å². The van der Waals surface area contributed by atoms with Crippen molar-refractivity contribution in [3.05, 3.63) is 23.9 Å². The first-order valence-corrected chi connectivity index (χ1v) is 5.79.